The van der Waals surface area contributed by atoms with Crippen LogP contribution in [-0.4, -0.2) is 41.9 Å². The fourth-order valence-corrected chi connectivity index (χ4v) is 3.96. The smallest absolute Gasteiger partial charge is 0.270 e. The second-order valence-electron chi connectivity index (χ2n) is 8.37. The molecule has 5 heterocycles. The number of hydrogen-bond donors (Lipinski definition) is 3. The fraction of sp³-hybridized carbons (Fsp3) is 0.318. The first kappa shape index (κ1) is 19.5. The Labute approximate surface area is 187 Å². The van der Waals surface area contributed by atoms with Crippen molar-refractivity contribution in [2.75, 3.05) is 5.32 Å². The van der Waals surface area contributed by atoms with Crippen molar-refractivity contribution in [3.05, 3.63) is 47.2 Å². The van der Waals surface area contributed by atoms with Gasteiger partial charge in [0.1, 0.15) is 23.5 Å². The molecule has 0 bridgehead atoms. The van der Waals surface area contributed by atoms with E-state index in [2.05, 4.69) is 40.7 Å². The van der Waals surface area contributed by atoms with Crippen LogP contribution in [0.2, 0.25) is 0 Å². The van der Waals surface area contributed by atoms with Crippen LogP contribution in [0.4, 0.5) is 5.82 Å². The van der Waals surface area contributed by atoms with Crippen LogP contribution in [0.1, 0.15) is 65.7 Å². The molecule has 11 nitrogen and oxygen atoms in total. The molecular weight excluding hydrogens is 424 g/mol. The highest BCUT2D eigenvalue weighted by atomic mass is 16.5. The number of rotatable bonds is 5. The Morgan fingerprint density at radius 2 is 2.09 bits per heavy atom. The van der Waals surface area contributed by atoms with Gasteiger partial charge in [-0.05, 0) is 38.3 Å². The van der Waals surface area contributed by atoms with Crippen molar-refractivity contribution >= 4 is 28.8 Å². The molecule has 0 saturated heterocycles. The summed E-state index contributed by atoms with van der Waals surface area (Å²) in [7, 11) is 0. The fourth-order valence-electron chi connectivity index (χ4n) is 3.96. The molecular formula is C22H20N8O3. The number of pyridine rings is 1. The number of imidazole rings is 1. The van der Waals surface area contributed by atoms with Crippen LogP contribution in [0.25, 0.3) is 22.7 Å². The summed E-state index contributed by atoms with van der Waals surface area (Å²) in [4.78, 5) is 45.1. The van der Waals surface area contributed by atoms with Crippen molar-refractivity contribution in [3.63, 3.8) is 0 Å². The predicted octanol–water partition coefficient (Wildman–Crippen LogP) is 2.66. The molecule has 6 rings (SSSR count). The number of aromatic nitrogens is 6. The van der Waals surface area contributed by atoms with Crippen molar-refractivity contribution in [2.45, 2.75) is 44.6 Å². The molecule has 11 heteroatoms. The molecule has 3 N–H and O–H groups in total. The lowest BCUT2D eigenvalue weighted by Crippen LogP contribution is -2.30. The zero-order valence-corrected chi connectivity index (χ0v) is 17.8. The maximum absolute atomic E-state index is 12.9. The van der Waals surface area contributed by atoms with Gasteiger partial charge in [-0.15, -0.1) is 0 Å². The SMILES string of the molecule is C[C@@H](NC(=O)c1ncnc2c1CCC(=O)N2)c1cc(-c2nc3nc(C4CC4)ccc3[nH]2)no1. The van der Waals surface area contributed by atoms with Crippen molar-refractivity contribution < 1.29 is 14.1 Å². The van der Waals surface area contributed by atoms with Crippen LogP contribution in [0.3, 0.4) is 0 Å². The lowest BCUT2D eigenvalue weighted by Gasteiger charge is -2.18. The molecule has 0 spiro atoms. The van der Waals surface area contributed by atoms with Crippen molar-refractivity contribution in [2.24, 2.45) is 0 Å². The number of carbonyl (C=O) groups is 2. The minimum absolute atomic E-state index is 0.125. The number of anilines is 1. The first-order chi connectivity index (χ1) is 16.0. The molecule has 4 aromatic rings. The zero-order valence-electron chi connectivity index (χ0n) is 17.8. The van der Waals surface area contributed by atoms with Crippen LogP contribution >= 0.6 is 0 Å². The van der Waals surface area contributed by atoms with E-state index in [9.17, 15) is 9.59 Å². The summed E-state index contributed by atoms with van der Waals surface area (Å²) in [6, 6.07) is 5.29. The number of nitrogens with zero attached hydrogens (tertiary/aromatic N) is 5. The molecule has 4 aromatic heterocycles. The molecule has 0 unspecified atom stereocenters. The van der Waals surface area contributed by atoms with Gasteiger partial charge in [-0.2, -0.15) is 0 Å². The predicted molar refractivity (Wildman–Crippen MR) is 116 cm³/mol. The zero-order chi connectivity index (χ0) is 22.5. The van der Waals surface area contributed by atoms with Crippen molar-refractivity contribution in [1.82, 2.24) is 35.4 Å². The molecule has 1 aliphatic carbocycles. The van der Waals surface area contributed by atoms with Gasteiger partial charge in [0.2, 0.25) is 5.91 Å². The van der Waals surface area contributed by atoms with Crippen LogP contribution in [0, 0.1) is 0 Å². The number of H-pyrrole nitrogens is 1. The Morgan fingerprint density at radius 3 is 2.94 bits per heavy atom. The Hall–Kier alpha value is -4.15. The topological polar surface area (TPSA) is 152 Å². The third kappa shape index (κ3) is 3.60. The van der Waals surface area contributed by atoms with Crippen LogP contribution < -0.4 is 10.6 Å². The summed E-state index contributed by atoms with van der Waals surface area (Å²) in [6.45, 7) is 1.79. The Balaban J connectivity index is 1.20. The Morgan fingerprint density at radius 1 is 1.21 bits per heavy atom. The molecule has 1 saturated carbocycles. The van der Waals surface area contributed by atoms with Gasteiger partial charge in [0.25, 0.3) is 5.91 Å². The van der Waals surface area contributed by atoms with Crippen molar-refractivity contribution in [1.29, 1.82) is 0 Å². The van der Waals surface area contributed by atoms with E-state index < -0.39 is 6.04 Å². The highest BCUT2D eigenvalue weighted by Gasteiger charge is 2.27. The highest BCUT2D eigenvalue weighted by molar-refractivity contribution is 5.99. The third-order valence-electron chi connectivity index (χ3n) is 5.93. The lowest BCUT2D eigenvalue weighted by atomic mass is 10.0. The van der Waals surface area contributed by atoms with E-state index in [1.165, 1.54) is 19.2 Å². The first-order valence-corrected chi connectivity index (χ1v) is 10.8. The summed E-state index contributed by atoms with van der Waals surface area (Å²) in [5, 5.41) is 9.66. The van der Waals surface area contributed by atoms with Crippen LogP contribution in [0.5, 0.6) is 0 Å². The number of aromatic amines is 1. The molecule has 166 valence electrons. The van der Waals surface area contributed by atoms with Gasteiger partial charge in [0.15, 0.2) is 17.2 Å². The molecule has 1 aliphatic heterocycles. The van der Waals surface area contributed by atoms with Gasteiger partial charge in [-0.1, -0.05) is 5.16 Å². The summed E-state index contributed by atoms with van der Waals surface area (Å²) in [6.07, 6.45) is 4.32. The van der Waals surface area contributed by atoms with Gasteiger partial charge in [-0.3, -0.25) is 9.59 Å². The summed E-state index contributed by atoms with van der Waals surface area (Å²) in [5.74, 6) is 1.45. The molecule has 0 radical (unpaired) electrons. The van der Waals surface area contributed by atoms with Gasteiger partial charge in [0.05, 0.1) is 11.6 Å². The van der Waals surface area contributed by atoms with Gasteiger partial charge in [0, 0.05) is 29.7 Å². The number of hydrogen-bond acceptors (Lipinski definition) is 8. The number of carbonyl (C=O) groups excluding carboxylic acids is 2. The normalized spacial score (nSPS) is 16.3. The molecule has 0 aromatic carbocycles. The van der Waals surface area contributed by atoms with Gasteiger partial charge in [-0.25, -0.2) is 19.9 Å². The molecule has 2 amide bonds. The third-order valence-corrected chi connectivity index (χ3v) is 5.93. The summed E-state index contributed by atoms with van der Waals surface area (Å²) in [5.41, 5.74) is 3.95. The largest absolute Gasteiger partial charge is 0.358 e. The van der Waals surface area contributed by atoms with E-state index in [0.29, 0.717) is 46.6 Å². The van der Waals surface area contributed by atoms with Gasteiger partial charge >= 0.3 is 0 Å². The molecule has 1 atom stereocenters. The maximum atomic E-state index is 12.9. The maximum Gasteiger partial charge on any atom is 0.270 e. The number of nitrogens with one attached hydrogen (secondary N) is 3. The van der Waals surface area contributed by atoms with E-state index in [1.54, 1.807) is 13.0 Å². The summed E-state index contributed by atoms with van der Waals surface area (Å²) >= 11 is 0. The standard InChI is InChI=1S/C22H20N8O3/c1-10(25-22(32)18-12-4-7-17(31)28-19(12)24-9-23-18)16-8-15(30-33-16)21-27-14-6-5-13(11-2-3-11)26-20(14)29-21/h5-6,8-11H,2-4,7H2,1H3,(H,25,32)(H,26,27,29)(H,23,24,28,31)/t10-/m1/s1. The molecule has 2 aliphatic rings. The van der Waals surface area contributed by atoms with E-state index in [1.807, 2.05) is 12.1 Å². The average Bonchev–Trinajstić information content (AvgIpc) is 3.38. The minimum atomic E-state index is -0.466. The second kappa shape index (κ2) is 7.47. The van der Waals surface area contributed by atoms with E-state index in [4.69, 9.17) is 4.52 Å². The molecule has 1 fully saturated rings. The van der Waals surface area contributed by atoms with Crippen molar-refractivity contribution in [3.8, 4) is 11.5 Å². The molecule has 33 heavy (non-hydrogen) atoms. The van der Waals surface area contributed by atoms with Gasteiger partial charge < -0.3 is 20.1 Å². The van der Waals surface area contributed by atoms with E-state index in [0.717, 1.165) is 11.2 Å². The number of amides is 2. The minimum Gasteiger partial charge on any atom is -0.358 e. The van der Waals surface area contributed by atoms with E-state index >= 15 is 0 Å². The lowest BCUT2D eigenvalue weighted by molar-refractivity contribution is -0.116. The number of fused-ring (bicyclic) bond motifs is 2. The second-order valence-corrected chi connectivity index (χ2v) is 8.37. The first-order valence-electron chi connectivity index (χ1n) is 10.8. The Kier molecular flexibility index (Phi) is 4.42. The average molecular weight is 444 g/mol. The van der Waals surface area contributed by atoms with Crippen LogP contribution in [0.15, 0.2) is 29.0 Å². The monoisotopic (exact) mass is 444 g/mol. The van der Waals surface area contributed by atoms with Crippen LogP contribution in [-0.2, 0) is 11.2 Å². The highest BCUT2D eigenvalue weighted by Crippen LogP contribution is 2.39. The summed E-state index contributed by atoms with van der Waals surface area (Å²) < 4.78 is 5.48. The quantitative estimate of drug-likeness (QED) is 0.425. The van der Waals surface area contributed by atoms with E-state index in [-0.39, 0.29) is 23.9 Å². The Bertz CT molecular complexity index is 1400.